The molecule has 1 saturated carbocycles. The van der Waals surface area contributed by atoms with Gasteiger partial charge in [0.1, 0.15) is 0 Å². The first-order chi connectivity index (χ1) is 9.41. The first-order valence-electron chi connectivity index (χ1n) is 7.57. The van der Waals surface area contributed by atoms with Crippen LogP contribution in [0.3, 0.4) is 0 Å². The molecule has 0 radical (unpaired) electrons. The summed E-state index contributed by atoms with van der Waals surface area (Å²) in [6.07, 6.45) is 6.49. The Labute approximate surface area is 134 Å². The lowest BCUT2D eigenvalue weighted by Crippen LogP contribution is -2.51. The molecule has 2 aliphatic rings. The molecule has 21 heavy (non-hydrogen) atoms. The number of rotatable bonds is 3. The molecule has 1 saturated heterocycles. The molecule has 0 aromatic rings. The highest BCUT2D eigenvalue weighted by molar-refractivity contribution is 7.91. The molecule has 2 rings (SSSR count). The predicted molar refractivity (Wildman–Crippen MR) is 86.5 cm³/mol. The van der Waals surface area contributed by atoms with E-state index in [0.717, 1.165) is 45.2 Å². The number of hydrogen-bond donors (Lipinski definition) is 1. The summed E-state index contributed by atoms with van der Waals surface area (Å²) in [6, 6.07) is -0.138. The van der Waals surface area contributed by atoms with Gasteiger partial charge in [0.2, 0.25) is 5.91 Å². The van der Waals surface area contributed by atoms with Crippen molar-refractivity contribution in [3.05, 3.63) is 0 Å². The van der Waals surface area contributed by atoms with Gasteiger partial charge in [-0.1, -0.05) is 12.8 Å². The molecule has 5 nitrogen and oxygen atoms in total. The third-order valence-corrected chi connectivity index (χ3v) is 6.40. The molecule has 1 amide bonds. The van der Waals surface area contributed by atoms with Gasteiger partial charge in [0.25, 0.3) is 0 Å². The molecule has 124 valence electrons. The van der Waals surface area contributed by atoms with Gasteiger partial charge in [-0.15, -0.1) is 12.4 Å². The number of sulfone groups is 1. The Bertz CT molecular complexity index is 449. The van der Waals surface area contributed by atoms with Crippen LogP contribution in [-0.2, 0) is 14.6 Å². The smallest absolute Gasteiger partial charge is 0.225 e. The third-order valence-electron chi connectivity index (χ3n) is 4.75. The molecule has 0 bridgehead atoms. The number of halogens is 1. The van der Waals surface area contributed by atoms with Crippen molar-refractivity contribution >= 4 is 28.2 Å². The van der Waals surface area contributed by atoms with Gasteiger partial charge in [0.05, 0.1) is 5.25 Å². The minimum absolute atomic E-state index is 0. The molecule has 1 aliphatic heterocycles. The summed E-state index contributed by atoms with van der Waals surface area (Å²) in [7, 11) is -1.30. The fourth-order valence-electron chi connectivity index (χ4n) is 3.54. The van der Waals surface area contributed by atoms with Gasteiger partial charge in [-0.05, 0) is 38.8 Å². The lowest BCUT2D eigenvalue weighted by molar-refractivity contribution is -0.137. The number of carbonyl (C=O) groups is 1. The second kappa shape index (κ2) is 7.79. The Balaban J connectivity index is 0.00000220. The number of nitrogens with one attached hydrogen (secondary N) is 1. The van der Waals surface area contributed by atoms with Crippen molar-refractivity contribution in [1.82, 2.24) is 10.2 Å². The Kier molecular flexibility index (Phi) is 6.94. The minimum Gasteiger partial charge on any atom is -0.341 e. The summed E-state index contributed by atoms with van der Waals surface area (Å²) in [4.78, 5) is 14.3. The van der Waals surface area contributed by atoms with Gasteiger partial charge in [0.15, 0.2) is 9.84 Å². The Morgan fingerprint density at radius 3 is 2.24 bits per heavy atom. The molecule has 2 atom stereocenters. The van der Waals surface area contributed by atoms with Crippen LogP contribution in [-0.4, -0.2) is 56.9 Å². The summed E-state index contributed by atoms with van der Waals surface area (Å²) in [5.74, 6) is 0.190. The average Bonchev–Trinajstić information content (AvgIpc) is 2.46. The topological polar surface area (TPSA) is 66.5 Å². The zero-order chi connectivity index (χ0) is 14.8. The second-order valence-corrected chi connectivity index (χ2v) is 8.46. The van der Waals surface area contributed by atoms with E-state index in [1.165, 1.54) is 6.26 Å². The zero-order valence-electron chi connectivity index (χ0n) is 12.9. The van der Waals surface area contributed by atoms with E-state index in [9.17, 15) is 13.2 Å². The Morgan fingerprint density at radius 2 is 1.67 bits per heavy atom. The molecule has 0 aromatic carbocycles. The number of nitrogens with zero attached hydrogens (tertiary/aromatic N) is 1. The summed E-state index contributed by atoms with van der Waals surface area (Å²) in [5.41, 5.74) is 0. The fourth-order valence-corrected chi connectivity index (χ4v) is 5.02. The molecule has 2 unspecified atom stereocenters. The first kappa shape index (κ1) is 18.7. The van der Waals surface area contributed by atoms with Crippen molar-refractivity contribution in [2.75, 3.05) is 26.4 Å². The van der Waals surface area contributed by atoms with Crippen LogP contribution in [0.25, 0.3) is 0 Å². The van der Waals surface area contributed by atoms with E-state index in [2.05, 4.69) is 5.32 Å². The third kappa shape index (κ3) is 4.57. The summed E-state index contributed by atoms with van der Waals surface area (Å²) in [5, 5.41) is 2.87. The maximum atomic E-state index is 12.6. The Morgan fingerprint density at radius 1 is 1.10 bits per heavy atom. The van der Waals surface area contributed by atoms with Crippen LogP contribution >= 0.6 is 12.4 Å². The molecule has 2 fully saturated rings. The predicted octanol–water partition coefficient (Wildman–Crippen LogP) is 1.22. The molecule has 1 aliphatic carbocycles. The number of carbonyl (C=O) groups excluding carboxylic acids is 1. The van der Waals surface area contributed by atoms with Crippen LogP contribution in [0.5, 0.6) is 0 Å². The maximum Gasteiger partial charge on any atom is 0.225 e. The highest BCUT2D eigenvalue weighted by atomic mass is 35.5. The van der Waals surface area contributed by atoms with Gasteiger partial charge in [0, 0.05) is 25.3 Å². The molecule has 7 heteroatoms. The van der Waals surface area contributed by atoms with Gasteiger partial charge in [-0.25, -0.2) is 8.42 Å². The maximum absolute atomic E-state index is 12.6. The van der Waals surface area contributed by atoms with Crippen molar-refractivity contribution in [3.8, 4) is 0 Å². The fraction of sp³-hybridized carbons (Fsp3) is 0.929. The minimum atomic E-state index is -3.09. The largest absolute Gasteiger partial charge is 0.341 e. The van der Waals surface area contributed by atoms with Gasteiger partial charge >= 0.3 is 0 Å². The lowest BCUT2D eigenvalue weighted by atomic mass is 9.91. The van der Waals surface area contributed by atoms with Crippen LogP contribution in [0.1, 0.15) is 38.5 Å². The quantitative estimate of drug-likeness (QED) is 0.840. The molecular formula is C14H27ClN2O3S. The Hall–Kier alpha value is -0.330. The van der Waals surface area contributed by atoms with Crippen LogP contribution in [0.2, 0.25) is 0 Å². The van der Waals surface area contributed by atoms with E-state index in [1.807, 2.05) is 0 Å². The van der Waals surface area contributed by atoms with Crippen molar-refractivity contribution in [2.24, 2.45) is 5.92 Å². The monoisotopic (exact) mass is 338 g/mol. The molecule has 1 heterocycles. The van der Waals surface area contributed by atoms with E-state index < -0.39 is 9.84 Å². The molecular weight excluding hydrogens is 312 g/mol. The van der Waals surface area contributed by atoms with E-state index >= 15 is 0 Å². The van der Waals surface area contributed by atoms with Crippen LogP contribution in [0.4, 0.5) is 0 Å². The number of piperidine rings is 1. The van der Waals surface area contributed by atoms with Gasteiger partial charge < -0.3 is 10.2 Å². The zero-order valence-corrected chi connectivity index (χ0v) is 14.5. The van der Waals surface area contributed by atoms with Crippen LogP contribution in [0.15, 0.2) is 0 Å². The standard InChI is InChI=1S/C14H26N2O3S.ClH/c1-16(14(17)11-7-9-15-10-8-11)12-5-3-4-6-13(12)20(2,18)19;/h11-13,15H,3-10H2,1-2H3;1H. The van der Waals surface area contributed by atoms with Gasteiger partial charge in [-0.2, -0.15) is 0 Å². The molecule has 1 N–H and O–H groups in total. The summed E-state index contributed by atoms with van der Waals surface area (Å²) in [6.45, 7) is 1.76. The number of amides is 1. The molecule has 0 spiro atoms. The van der Waals surface area contributed by atoms with Crippen molar-refractivity contribution < 1.29 is 13.2 Å². The summed E-state index contributed by atoms with van der Waals surface area (Å²) >= 11 is 0. The van der Waals surface area contributed by atoms with E-state index in [-0.39, 0.29) is 35.5 Å². The average molecular weight is 339 g/mol. The molecule has 0 aromatic heterocycles. The normalized spacial score (nSPS) is 27.7. The van der Waals surface area contributed by atoms with E-state index in [0.29, 0.717) is 6.42 Å². The van der Waals surface area contributed by atoms with Crippen LogP contribution in [0, 0.1) is 5.92 Å². The lowest BCUT2D eigenvalue weighted by Gasteiger charge is -2.39. The van der Waals surface area contributed by atoms with Crippen molar-refractivity contribution in [2.45, 2.75) is 49.8 Å². The summed E-state index contributed by atoms with van der Waals surface area (Å²) < 4.78 is 23.9. The van der Waals surface area contributed by atoms with Gasteiger partial charge in [-0.3, -0.25) is 4.79 Å². The highest BCUT2D eigenvalue weighted by Gasteiger charge is 2.38. The first-order valence-corrected chi connectivity index (χ1v) is 9.53. The van der Waals surface area contributed by atoms with Crippen molar-refractivity contribution in [1.29, 1.82) is 0 Å². The second-order valence-electron chi connectivity index (χ2n) is 6.19. The number of hydrogen-bond acceptors (Lipinski definition) is 4. The van der Waals surface area contributed by atoms with E-state index in [4.69, 9.17) is 0 Å². The highest BCUT2D eigenvalue weighted by Crippen LogP contribution is 2.29. The SMILES string of the molecule is CN(C(=O)C1CCNCC1)C1CCCCC1S(C)(=O)=O.Cl. The van der Waals surface area contributed by atoms with Crippen molar-refractivity contribution in [3.63, 3.8) is 0 Å². The van der Waals surface area contributed by atoms with E-state index in [1.54, 1.807) is 11.9 Å². The van der Waals surface area contributed by atoms with Crippen LogP contribution < -0.4 is 5.32 Å².